The third-order valence-electron chi connectivity index (χ3n) is 6.88. The quantitative estimate of drug-likeness (QED) is 0.391. The molecule has 0 saturated heterocycles. The van der Waals surface area contributed by atoms with Crippen LogP contribution in [0.15, 0.2) is 54.9 Å². The van der Waals surface area contributed by atoms with E-state index in [4.69, 9.17) is 0 Å². The summed E-state index contributed by atoms with van der Waals surface area (Å²) in [7, 11) is 0. The van der Waals surface area contributed by atoms with Crippen LogP contribution < -0.4 is 10.6 Å². The van der Waals surface area contributed by atoms with Gasteiger partial charge in [0, 0.05) is 31.3 Å². The second-order valence-corrected chi connectivity index (χ2v) is 9.69. The molecule has 0 aliphatic heterocycles. The van der Waals surface area contributed by atoms with E-state index in [0.29, 0.717) is 31.2 Å². The molecule has 1 fully saturated rings. The molecule has 1 aliphatic carbocycles. The van der Waals surface area contributed by atoms with E-state index in [1.165, 1.54) is 0 Å². The van der Waals surface area contributed by atoms with E-state index in [1.54, 1.807) is 12.4 Å². The van der Waals surface area contributed by atoms with E-state index >= 15 is 0 Å². The van der Waals surface area contributed by atoms with Crippen molar-refractivity contribution in [2.45, 2.75) is 64.8 Å². The van der Waals surface area contributed by atoms with Crippen molar-refractivity contribution in [3.8, 4) is 0 Å². The highest BCUT2D eigenvalue weighted by molar-refractivity contribution is 6.38. The number of carbonyl (C=O) groups is 3. The maximum Gasteiger partial charge on any atom is 0.289 e. The average molecular weight is 464 g/mol. The summed E-state index contributed by atoms with van der Waals surface area (Å²) in [4.78, 5) is 42.8. The molecule has 2 amide bonds. The minimum atomic E-state index is -0.865. The number of aryl methyl sites for hydroxylation is 1. The number of ketones is 1. The Morgan fingerprint density at radius 3 is 2.32 bits per heavy atom. The van der Waals surface area contributed by atoms with Crippen molar-refractivity contribution < 1.29 is 14.4 Å². The zero-order valence-electron chi connectivity index (χ0n) is 20.3. The molecule has 1 atom stereocenters. The number of amides is 2. The van der Waals surface area contributed by atoms with Gasteiger partial charge in [0.15, 0.2) is 0 Å². The molecule has 34 heavy (non-hydrogen) atoms. The highest BCUT2D eigenvalue weighted by atomic mass is 16.2. The number of benzene rings is 1. The van der Waals surface area contributed by atoms with Crippen LogP contribution in [0.2, 0.25) is 0 Å². The summed E-state index contributed by atoms with van der Waals surface area (Å²) in [5.74, 6) is -0.156. The van der Waals surface area contributed by atoms with Gasteiger partial charge in [0.05, 0.1) is 0 Å². The van der Waals surface area contributed by atoms with Crippen LogP contribution in [0.25, 0.3) is 0 Å². The first-order valence-corrected chi connectivity index (χ1v) is 12.5. The maximum atomic E-state index is 13.0. The van der Waals surface area contributed by atoms with Crippen molar-refractivity contribution in [1.82, 2.24) is 15.6 Å². The third kappa shape index (κ3) is 7.79. The Balaban J connectivity index is 1.56. The summed E-state index contributed by atoms with van der Waals surface area (Å²) in [6.07, 6.45) is 9.03. The van der Waals surface area contributed by atoms with E-state index in [1.807, 2.05) is 42.5 Å². The summed E-state index contributed by atoms with van der Waals surface area (Å²) >= 11 is 0. The van der Waals surface area contributed by atoms with Crippen LogP contribution in [0.3, 0.4) is 0 Å². The second kappa shape index (κ2) is 13.0. The average Bonchev–Trinajstić information content (AvgIpc) is 2.87. The minimum Gasteiger partial charge on any atom is -0.349 e. The highest BCUT2D eigenvalue weighted by Crippen LogP contribution is 2.33. The first kappa shape index (κ1) is 25.6. The number of pyridine rings is 1. The Bertz CT molecular complexity index is 922. The molecule has 1 aromatic heterocycles. The van der Waals surface area contributed by atoms with E-state index < -0.39 is 17.7 Å². The van der Waals surface area contributed by atoms with Crippen molar-refractivity contribution in [1.29, 1.82) is 0 Å². The van der Waals surface area contributed by atoms with Crippen LogP contribution >= 0.6 is 0 Å². The zero-order chi connectivity index (χ0) is 24.3. The molecular formula is C28H37N3O3. The number of rotatable bonds is 11. The first-order valence-electron chi connectivity index (χ1n) is 12.5. The smallest absolute Gasteiger partial charge is 0.289 e. The molecule has 6 nitrogen and oxygen atoms in total. The summed E-state index contributed by atoms with van der Waals surface area (Å²) in [5.41, 5.74) is 2.00. The van der Waals surface area contributed by atoms with Crippen LogP contribution in [0.4, 0.5) is 0 Å². The summed E-state index contributed by atoms with van der Waals surface area (Å²) in [6.45, 7) is 4.86. The maximum absolute atomic E-state index is 13.0. The van der Waals surface area contributed by atoms with Crippen LogP contribution in [-0.4, -0.2) is 35.2 Å². The van der Waals surface area contributed by atoms with Gasteiger partial charge >= 0.3 is 0 Å². The molecule has 0 spiro atoms. The topological polar surface area (TPSA) is 88.2 Å². The summed E-state index contributed by atoms with van der Waals surface area (Å²) in [5, 5.41) is 5.65. The lowest BCUT2D eigenvalue weighted by Crippen LogP contribution is -2.50. The van der Waals surface area contributed by atoms with E-state index in [2.05, 4.69) is 29.5 Å². The lowest BCUT2D eigenvalue weighted by molar-refractivity contribution is -0.140. The standard InChI is InChI=1S/C28H37N3O3/c1-20(2)23-12-14-24(15-13-23)27(33)31-25(18-21-8-4-3-5-9-21)26(32)28(34)30-17-7-11-22-10-6-16-29-19-22/h3-6,8-10,16,19-20,23-25H,7,11-15,17-18H2,1-2H3,(H,30,34)(H,31,33). The molecule has 2 N–H and O–H groups in total. The van der Waals surface area contributed by atoms with E-state index in [-0.39, 0.29) is 11.8 Å². The molecule has 0 bridgehead atoms. The molecule has 1 aliphatic rings. The molecular weight excluding hydrogens is 426 g/mol. The van der Waals surface area contributed by atoms with Gasteiger partial charge in [-0.25, -0.2) is 0 Å². The molecule has 1 unspecified atom stereocenters. The van der Waals surface area contributed by atoms with Crippen molar-refractivity contribution in [3.05, 3.63) is 66.0 Å². The Labute approximate surface area is 202 Å². The van der Waals surface area contributed by atoms with Crippen LogP contribution in [0.1, 0.15) is 57.1 Å². The lowest BCUT2D eigenvalue weighted by atomic mass is 9.76. The fourth-order valence-electron chi connectivity index (χ4n) is 4.68. The summed E-state index contributed by atoms with van der Waals surface area (Å²) < 4.78 is 0. The number of carbonyl (C=O) groups excluding carboxylic acids is 3. The van der Waals surface area contributed by atoms with Crippen molar-refractivity contribution in [2.24, 2.45) is 17.8 Å². The monoisotopic (exact) mass is 463 g/mol. The molecule has 6 heteroatoms. The van der Waals surface area contributed by atoms with Gasteiger partial charge in [-0.05, 0) is 67.6 Å². The second-order valence-electron chi connectivity index (χ2n) is 9.69. The number of Topliss-reactive ketones (excluding diaryl/α,β-unsaturated/α-hetero) is 1. The van der Waals surface area contributed by atoms with Crippen molar-refractivity contribution in [2.75, 3.05) is 6.54 Å². The van der Waals surface area contributed by atoms with Gasteiger partial charge in [-0.1, -0.05) is 50.2 Å². The van der Waals surface area contributed by atoms with Gasteiger partial charge in [-0.3, -0.25) is 19.4 Å². The van der Waals surface area contributed by atoms with Gasteiger partial charge in [0.2, 0.25) is 11.7 Å². The molecule has 3 rings (SSSR count). The van der Waals surface area contributed by atoms with E-state index in [9.17, 15) is 14.4 Å². The lowest BCUT2D eigenvalue weighted by Gasteiger charge is -2.31. The van der Waals surface area contributed by atoms with E-state index in [0.717, 1.165) is 43.2 Å². The number of nitrogens with one attached hydrogen (secondary N) is 2. The normalized spacial score (nSPS) is 18.8. The minimum absolute atomic E-state index is 0.0939. The molecule has 1 saturated carbocycles. The predicted molar refractivity (Wildman–Crippen MR) is 133 cm³/mol. The van der Waals surface area contributed by atoms with Gasteiger partial charge in [0.1, 0.15) is 6.04 Å². The molecule has 0 radical (unpaired) electrons. The molecule has 182 valence electrons. The zero-order valence-corrected chi connectivity index (χ0v) is 20.3. The SMILES string of the molecule is CC(C)C1CCC(C(=O)NC(Cc2ccccc2)C(=O)C(=O)NCCCc2cccnc2)CC1. The Morgan fingerprint density at radius 1 is 0.971 bits per heavy atom. The molecule has 1 aromatic carbocycles. The van der Waals surface area contributed by atoms with Gasteiger partial charge < -0.3 is 10.6 Å². The Morgan fingerprint density at radius 2 is 1.68 bits per heavy atom. The van der Waals surface area contributed by atoms with Gasteiger partial charge in [-0.2, -0.15) is 0 Å². The van der Waals surface area contributed by atoms with Crippen molar-refractivity contribution >= 4 is 17.6 Å². The van der Waals surface area contributed by atoms with Gasteiger partial charge in [0.25, 0.3) is 5.91 Å². The Kier molecular flexibility index (Phi) is 9.80. The third-order valence-corrected chi connectivity index (χ3v) is 6.88. The van der Waals surface area contributed by atoms with Crippen molar-refractivity contribution in [3.63, 3.8) is 0 Å². The van der Waals surface area contributed by atoms with Crippen LogP contribution in [0.5, 0.6) is 0 Å². The Hall–Kier alpha value is -3.02. The highest BCUT2D eigenvalue weighted by Gasteiger charge is 2.32. The fraction of sp³-hybridized carbons (Fsp3) is 0.500. The summed E-state index contributed by atoms with van der Waals surface area (Å²) in [6, 6.07) is 12.5. The molecule has 2 aromatic rings. The number of aromatic nitrogens is 1. The first-order chi connectivity index (χ1) is 16.4. The predicted octanol–water partition coefficient (Wildman–Crippen LogP) is 3.89. The number of hydrogen-bond donors (Lipinski definition) is 2. The van der Waals surface area contributed by atoms with Crippen LogP contribution in [-0.2, 0) is 27.2 Å². The van der Waals surface area contributed by atoms with Crippen LogP contribution in [0, 0.1) is 17.8 Å². The largest absolute Gasteiger partial charge is 0.349 e. The number of nitrogens with zero attached hydrogens (tertiary/aromatic N) is 1. The van der Waals surface area contributed by atoms with Gasteiger partial charge in [-0.15, -0.1) is 0 Å². The molecule has 1 heterocycles. The number of hydrogen-bond acceptors (Lipinski definition) is 4. The fourth-order valence-corrected chi connectivity index (χ4v) is 4.68.